The van der Waals surface area contributed by atoms with Gasteiger partial charge in [-0.15, -0.1) is 0 Å². The SMILES string of the molecule is O=c1cc(-c2ccccc2-c2ccccc2O)oc2c(Cl)ccc(Br)c12. The summed E-state index contributed by atoms with van der Waals surface area (Å²) in [6, 6.07) is 19.3. The Labute approximate surface area is 162 Å². The summed E-state index contributed by atoms with van der Waals surface area (Å²) in [6.07, 6.45) is 0. The van der Waals surface area contributed by atoms with E-state index < -0.39 is 0 Å². The van der Waals surface area contributed by atoms with Gasteiger partial charge in [0.25, 0.3) is 0 Å². The molecule has 0 aliphatic heterocycles. The van der Waals surface area contributed by atoms with Crippen LogP contribution in [0.1, 0.15) is 0 Å². The number of hydrogen-bond donors (Lipinski definition) is 1. The highest BCUT2D eigenvalue weighted by atomic mass is 79.9. The maximum Gasteiger partial charge on any atom is 0.194 e. The minimum atomic E-state index is -0.192. The fourth-order valence-electron chi connectivity index (χ4n) is 2.96. The van der Waals surface area contributed by atoms with Gasteiger partial charge in [-0.3, -0.25) is 4.79 Å². The first kappa shape index (κ1) is 16.9. The molecular weight excluding hydrogens is 416 g/mol. The fraction of sp³-hybridized carbons (Fsp3) is 0. The number of phenols is 1. The standard InChI is InChI=1S/C21H12BrClO3/c22-15-9-10-16(23)21-20(15)18(25)11-19(26-21)14-7-2-1-5-12(14)13-6-3-4-8-17(13)24/h1-11,24H. The second kappa shape index (κ2) is 6.63. The van der Waals surface area contributed by atoms with Gasteiger partial charge in [0.05, 0.1) is 10.4 Å². The molecular formula is C21H12BrClO3. The molecule has 26 heavy (non-hydrogen) atoms. The Hall–Kier alpha value is -2.56. The van der Waals surface area contributed by atoms with Gasteiger partial charge < -0.3 is 9.52 Å². The lowest BCUT2D eigenvalue weighted by atomic mass is 9.97. The van der Waals surface area contributed by atoms with Gasteiger partial charge in [-0.25, -0.2) is 0 Å². The number of benzene rings is 3. The van der Waals surface area contributed by atoms with Gasteiger partial charge in [-0.2, -0.15) is 0 Å². The Balaban J connectivity index is 2.03. The normalized spacial score (nSPS) is 11.0. The predicted octanol–water partition coefficient (Wildman–Crippen LogP) is 6.25. The number of phenolic OH excluding ortho intramolecular Hbond substituents is 1. The molecule has 0 unspecified atom stereocenters. The Morgan fingerprint density at radius 2 is 1.54 bits per heavy atom. The van der Waals surface area contributed by atoms with Crippen molar-refractivity contribution in [2.24, 2.45) is 0 Å². The van der Waals surface area contributed by atoms with Gasteiger partial charge in [0.1, 0.15) is 11.5 Å². The lowest BCUT2D eigenvalue weighted by Crippen LogP contribution is -2.02. The zero-order valence-corrected chi connectivity index (χ0v) is 15.7. The van der Waals surface area contributed by atoms with Gasteiger partial charge in [-0.1, -0.05) is 54.1 Å². The van der Waals surface area contributed by atoms with Crippen LogP contribution >= 0.6 is 27.5 Å². The second-order valence-corrected chi connectivity index (χ2v) is 7.03. The Morgan fingerprint density at radius 1 is 0.885 bits per heavy atom. The molecule has 0 saturated heterocycles. The van der Waals surface area contributed by atoms with E-state index in [0.29, 0.717) is 37.4 Å². The van der Waals surface area contributed by atoms with Gasteiger partial charge in [0, 0.05) is 21.7 Å². The van der Waals surface area contributed by atoms with Crippen LogP contribution in [0.2, 0.25) is 5.02 Å². The van der Waals surface area contributed by atoms with Crippen LogP contribution < -0.4 is 5.43 Å². The lowest BCUT2D eigenvalue weighted by Gasteiger charge is -2.11. The Morgan fingerprint density at radius 3 is 2.27 bits per heavy atom. The first-order valence-corrected chi connectivity index (χ1v) is 9.03. The van der Waals surface area contributed by atoms with E-state index in [2.05, 4.69) is 15.9 Å². The number of hydrogen-bond acceptors (Lipinski definition) is 3. The number of halogens is 2. The quantitative estimate of drug-likeness (QED) is 0.411. The third-order valence-electron chi connectivity index (χ3n) is 4.17. The van der Waals surface area contributed by atoms with Crippen molar-refractivity contribution in [2.75, 3.05) is 0 Å². The molecule has 5 heteroatoms. The molecule has 4 rings (SSSR count). The van der Waals surface area contributed by atoms with Crippen molar-refractivity contribution >= 4 is 38.5 Å². The van der Waals surface area contributed by atoms with Crippen LogP contribution in [0.4, 0.5) is 0 Å². The van der Waals surface area contributed by atoms with Crippen molar-refractivity contribution in [3.8, 4) is 28.2 Å². The molecule has 0 amide bonds. The highest BCUT2D eigenvalue weighted by Gasteiger charge is 2.16. The van der Waals surface area contributed by atoms with E-state index in [1.807, 2.05) is 36.4 Å². The average Bonchev–Trinajstić information content (AvgIpc) is 2.65. The summed E-state index contributed by atoms with van der Waals surface area (Å²) in [7, 11) is 0. The highest BCUT2D eigenvalue weighted by Crippen LogP contribution is 2.38. The third-order valence-corrected chi connectivity index (χ3v) is 5.12. The van der Waals surface area contributed by atoms with Crippen LogP contribution in [0, 0.1) is 0 Å². The van der Waals surface area contributed by atoms with Gasteiger partial charge in [0.15, 0.2) is 11.0 Å². The predicted molar refractivity (Wildman–Crippen MR) is 108 cm³/mol. The molecule has 1 aromatic heterocycles. The largest absolute Gasteiger partial charge is 0.507 e. The highest BCUT2D eigenvalue weighted by molar-refractivity contribution is 9.10. The second-order valence-electron chi connectivity index (χ2n) is 5.77. The smallest absolute Gasteiger partial charge is 0.194 e. The Kier molecular flexibility index (Phi) is 4.31. The van der Waals surface area contributed by atoms with Crippen molar-refractivity contribution in [3.05, 3.63) is 86.4 Å². The molecule has 0 bridgehead atoms. The van der Waals surface area contributed by atoms with E-state index in [0.717, 1.165) is 5.56 Å². The van der Waals surface area contributed by atoms with Crippen LogP contribution in [-0.4, -0.2) is 5.11 Å². The molecule has 1 heterocycles. The van der Waals surface area contributed by atoms with Crippen molar-refractivity contribution in [1.29, 1.82) is 0 Å². The molecule has 3 nitrogen and oxygen atoms in total. The third kappa shape index (κ3) is 2.81. The molecule has 0 saturated carbocycles. The van der Waals surface area contributed by atoms with E-state index in [1.165, 1.54) is 6.07 Å². The number of aromatic hydroxyl groups is 1. The molecule has 128 valence electrons. The van der Waals surface area contributed by atoms with Crippen LogP contribution in [0.15, 0.2) is 80.4 Å². The van der Waals surface area contributed by atoms with Crippen molar-refractivity contribution in [3.63, 3.8) is 0 Å². The molecule has 0 fully saturated rings. The van der Waals surface area contributed by atoms with Gasteiger partial charge in [-0.05, 0) is 39.7 Å². The van der Waals surface area contributed by atoms with Crippen LogP contribution in [0.5, 0.6) is 5.75 Å². The first-order chi connectivity index (χ1) is 12.6. The van der Waals surface area contributed by atoms with Crippen molar-refractivity contribution < 1.29 is 9.52 Å². The summed E-state index contributed by atoms with van der Waals surface area (Å²) in [4.78, 5) is 12.7. The van der Waals surface area contributed by atoms with Gasteiger partial charge in [0.2, 0.25) is 0 Å². The Bertz CT molecular complexity index is 1200. The van der Waals surface area contributed by atoms with Crippen molar-refractivity contribution in [2.45, 2.75) is 0 Å². The zero-order chi connectivity index (χ0) is 18.3. The van der Waals surface area contributed by atoms with Crippen LogP contribution in [-0.2, 0) is 0 Å². The molecule has 0 spiro atoms. The number of rotatable bonds is 2. The fourth-order valence-corrected chi connectivity index (χ4v) is 3.66. The minimum Gasteiger partial charge on any atom is -0.507 e. The first-order valence-electron chi connectivity index (χ1n) is 7.86. The van der Waals surface area contributed by atoms with E-state index in [9.17, 15) is 9.90 Å². The molecule has 0 aliphatic rings. The monoisotopic (exact) mass is 426 g/mol. The number of fused-ring (bicyclic) bond motifs is 1. The molecule has 4 aromatic rings. The average molecular weight is 428 g/mol. The van der Waals surface area contributed by atoms with Gasteiger partial charge >= 0.3 is 0 Å². The van der Waals surface area contributed by atoms with Crippen molar-refractivity contribution in [1.82, 2.24) is 0 Å². The topological polar surface area (TPSA) is 50.4 Å². The minimum absolute atomic E-state index is 0.156. The molecule has 0 atom stereocenters. The maximum atomic E-state index is 12.7. The molecule has 1 N–H and O–H groups in total. The molecule has 0 aliphatic carbocycles. The van der Waals surface area contributed by atoms with E-state index in [4.69, 9.17) is 16.0 Å². The summed E-state index contributed by atoms with van der Waals surface area (Å²) in [5.74, 6) is 0.546. The lowest BCUT2D eigenvalue weighted by molar-refractivity contribution is 0.477. The summed E-state index contributed by atoms with van der Waals surface area (Å²) >= 11 is 9.62. The zero-order valence-electron chi connectivity index (χ0n) is 13.4. The van der Waals surface area contributed by atoms with E-state index in [-0.39, 0.29) is 11.2 Å². The summed E-state index contributed by atoms with van der Waals surface area (Å²) in [5, 5.41) is 11.0. The molecule has 0 radical (unpaired) electrons. The summed E-state index contributed by atoms with van der Waals surface area (Å²) in [5.41, 5.74) is 2.26. The number of para-hydroxylation sites is 1. The van der Waals surface area contributed by atoms with Crippen LogP contribution in [0.3, 0.4) is 0 Å². The maximum absolute atomic E-state index is 12.7. The van der Waals surface area contributed by atoms with E-state index in [1.54, 1.807) is 24.3 Å². The van der Waals surface area contributed by atoms with Crippen LogP contribution in [0.25, 0.3) is 33.4 Å². The molecule has 3 aromatic carbocycles. The summed E-state index contributed by atoms with van der Waals surface area (Å²) < 4.78 is 6.63. The summed E-state index contributed by atoms with van der Waals surface area (Å²) in [6.45, 7) is 0. The van der Waals surface area contributed by atoms with E-state index >= 15 is 0 Å².